The summed E-state index contributed by atoms with van der Waals surface area (Å²) in [6.45, 7) is 6.88. The van der Waals surface area contributed by atoms with Crippen LogP contribution in [-0.2, 0) is 19.7 Å². The second-order valence-electron chi connectivity index (χ2n) is 9.05. The lowest BCUT2D eigenvalue weighted by molar-refractivity contribution is 0.0697. The summed E-state index contributed by atoms with van der Waals surface area (Å²) < 4.78 is 55.5. The van der Waals surface area contributed by atoms with Gasteiger partial charge in [-0.05, 0) is 85.8 Å². The van der Waals surface area contributed by atoms with Gasteiger partial charge in [0.2, 0.25) is 19.7 Å². The SMILES string of the molecule is Cc1ccc(C)c(S(=O)(=O)c2ccc(-c3ccccc3C(=O)O)c(S(=O)(=O)c3cc(C)ccc3C)c2)c1. The van der Waals surface area contributed by atoms with E-state index in [-0.39, 0.29) is 36.3 Å². The molecule has 0 aliphatic rings. The lowest BCUT2D eigenvalue weighted by Gasteiger charge is -2.17. The minimum atomic E-state index is -4.25. The van der Waals surface area contributed by atoms with Crippen LogP contribution < -0.4 is 0 Å². The van der Waals surface area contributed by atoms with Crippen molar-refractivity contribution in [3.8, 4) is 11.1 Å². The molecule has 0 atom stereocenters. The molecule has 4 rings (SSSR count). The zero-order valence-corrected chi connectivity index (χ0v) is 22.4. The molecule has 0 aliphatic heterocycles. The molecular weight excluding hydrogens is 508 g/mol. The van der Waals surface area contributed by atoms with Crippen LogP contribution >= 0.6 is 0 Å². The number of hydrogen-bond acceptors (Lipinski definition) is 5. The highest BCUT2D eigenvalue weighted by Gasteiger charge is 2.29. The molecule has 4 aromatic rings. The molecule has 1 N–H and O–H groups in total. The Morgan fingerprint density at radius 3 is 1.70 bits per heavy atom. The molecule has 8 heteroatoms. The summed E-state index contributed by atoms with van der Waals surface area (Å²) in [5, 5.41) is 9.76. The van der Waals surface area contributed by atoms with Gasteiger partial charge in [-0.3, -0.25) is 0 Å². The largest absolute Gasteiger partial charge is 0.478 e. The van der Waals surface area contributed by atoms with Crippen LogP contribution in [0.1, 0.15) is 32.6 Å². The summed E-state index contributed by atoms with van der Waals surface area (Å²) in [7, 11) is -8.34. The molecular formula is C29H26O6S2. The number of benzene rings is 4. The van der Waals surface area contributed by atoms with Crippen molar-refractivity contribution >= 4 is 25.6 Å². The maximum atomic E-state index is 14.1. The van der Waals surface area contributed by atoms with E-state index in [9.17, 15) is 26.7 Å². The van der Waals surface area contributed by atoms with Crippen LogP contribution in [0.3, 0.4) is 0 Å². The van der Waals surface area contributed by atoms with Crippen LogP contribution in [0.25, 0.3) is 11.1 Å². The van der Waals surface area contributed by atoms with E-state index >= 15 is 0 Å². The molecule has 0 radical (unpaired) electrons. The summed E-state index contributed by atoms with van der Waals surface area (Å²) >= 11 is 0. The van der Waals surface area contributed by atoms with Crippen LogP contribution in [-0.4, -0.2) is 27.9 Å². The topological polar surface area (TPSA) is 106 Å². The molecule has 0 aliphatic carbocycles. The Hall–Kier alpha value is -3.75. The smallest absolute Gasteiger partial charge is 0.336 e. The fourth-order valence-electron chi connectivity index (χ4n) is 4.26. The molecule has 0 unspecified atom stereocenters. The quantitative estimate of drug-likeness (QED) is 0.328. The van der Waals surface area contributed by atoms with Crippen molar-refractivity contribution in [2.45, 2.75) is 47.3 Å². The lowest BCUT2D eigenvalue weighted by atomic mass is 10.00. The predicted octanol–water partition coefficient (Wildman–Crippen LogP) is 5.95. The highest BCUT2D eigenvalue weighted by atomic mass is 32.2. The fraction of sp³-hybridized carbons (Fsp3) is 0.138. The first kappa shape index (κ1) is 26.3. The first-order valence-electron chi connectivity index (χ1n) is 11.5. The van der Waals surface area contributed by atoms with E-state index < -0.39 is 25.6 Å². The van der Waals surface area contributed by atoms with Crippen molar-refractivity contribution in [3.05, 3.63) is 107 Å². The third kappa shape index (κ3) is 4.82. The number of aromatic carboxylic acids is 1. The molecule has 0 saturated heterocycles. The van der Waals surface area contributed by atoms with Gasteiger partial charge >= 0.3 is 5.97 Å². The Kier molecular flexibility index (Phi) is 6.83. The summed E-state index contributed by atoms with van der Waals surface area (Å²) in [4.78, 5) is 11.6. The Balaban J connectivity index is 2.08. The molecule has 0 fully saturated rings. The normalized spacial score (nSPS) is 11.9. The molecule has 6 nitrogen and oxygen atoms in total. The van der Waals surface area contributed by atoms with Gasteiger partial charge in [0.15, 0.2) is 0 Å². The van der Waals surface area contributed by atoms with Gasteiger partial charge in [-0.1, -0.05) is 48.5 Å². The molecule has 0 saturated carbocycles. The van der Waals surface area contributed by atoms with E-state index in [1.165, 1.54) is 30.3 Å². The van der Waals surface area contributed by atoms with E-state index in [1.807, 2.05) is 0 Å². The van der Waals surface area contributed by atoms with Gasteiger partial charge in [-0.2, -0.15) is 0 Å². The number of sulfone groups is 2. The van der Waals surface area contributed by atoms with Crippen LogP contribution in [0.4, 0.5) is 0 Å². The molecule has 4 aromatic carbocycles. The number of aryl methyl sites for hydroxylation is 4. The molecule has 0 bridgehead atoms. The second-order valence-corrected chi connectivity index (χ2v) is 12.9. The zero-order valence-electron chi connectivity index (χ0n) is 20.8. The highest BCUT2D eigenvalue weighted by molar-refractivity contribution is 7.92. The van der Waals surface area contributed by atoms with Crippen LogP contribution in [0.5, 0.6) is 0 Å². The van der Waals surface area contributed by atoms with Gasteiger partial charge in [0.25, 0.3) is 0 Å². The molecule has 0 spiro atoms. The number of carbonyl (C=O) groups is 1. The summed E-state index contributed by atoms with van der Waals surface area (Å²) in [6.07, 6.45) is 0. The van der Waals surface area contributed by atoms with Crippen molar-refractivity contribution in [2.75, 3.05) is 0 Å². The number of carboxylic acids is 1. The molecule has 0 aromatic heterocycles. The maximum absolute atomic E-state index is 14.1. The number of hydrogen-bond donors (Lipinski definition) is 1. The molecule has 0 amide bonds. The minimum Gasteiger partial charge on any atom is -0.478 e. The number of carboxylic acid groups (broad SMARTS) is 1. The monoisotopic (exact) mass is 534 g/mol. The average Bonchev–Trinajstić information content (AvgIpc) is 2.86. The summed E-state index contributed by atoms with van der Waals surface area (Å²) in [5.74, 6) is -1.22. The van der Waals surface area contributed by atoms with Crippen LogP contribution in [0.2, 0.25) is 0 Å². The molecule has 0 heterocycles. The van der Waals surface area contributed by atoms with Crippen molar-refractivity contribution in [1.82, 2.24) is 0 Å². The van der Waals surface area contributed by atoms with Gasteiger partial charge < -0.3 is 5.11 Å². The lowest BCUT2D eigenvalue weighted by Crippen LogP contribution is -2.11. The van der Waals surface area contributed by atoms with E-state index in [2.05, 4.69) is 0 Å². The third-order valence-electron chi connectivity index (χ3n) is 6.27. The molecule has 37 heavy (non-hydrogen) atoms. The predicted molar refractivity (Wildman–Crippen MR) is 142 cm³/mol. The Labute approximate surface area is 217 Å². The van der Waals surface area contributed by atoms with E-state index in [0.717, 1.165) is 17.2 Å². The third-order valence-corrected chi connectivity index (χ3v) is 10.1. The number of rotatable bonds is 6. The van der Waals surface area contributed by atoms with Gasteiger partial charge in [-0.15, -0.1) is 0 Å². The Morgan fingerprint density at radius 1 is 0.595 bits per heavy atom. The van der Waals surface area contributed by atoms with Gasteiger partial charge in [0.1, 0.15) is 0 Å². The average molecular weight is 535 g/mol. The van der Waals surface area contributed by atoms with Gasteiger partial charge in [0.05, 0.1) is 25.1 Å². The Bertz CT molecular complexity index is 1770. The van der Waals surface area contributed by atoms with E-state index in [0.29, 0.717) is 11.1 Å². The zero-order chi connectivity index (χ0) is 27.1. The van der Waals surface area contributed by atoms with Crippen molar-refractivity contribution in [3.63, 3.8) is 0 Å². The minimum absolute atomic E-state index is 0.0304. The van der Waals surface area contributed by atoms with Gasteiger partial charge in [0, 0.05) is 5.56 Å². The van der Waals surface area contributed by atoms with E-state index in [4.69, 9.17) is 0 Å². The van der Waals surface area contributed by atoms with Gasteiger partial charge in [-0.25, -0.2) is 21.6 Å². The van der Waals surface area contributed by atoms with Crippen LogP contribution in [0.15, 0.2) is 98.4 Å². The standard InChI is InChI=1S/C29H26O6S2/c1-18-9-11-20(3)26(15-18)36(32,33)22-13-14-24(23-7-5-6-8-25(23)29(30)31)28(17-22)37(34,35)27-16-19(2)10-12-21(27)4/h5-17H,1-4H3,(H,30,31). The second kappa shape index (κ2) is 9.61. The highest BCUT2D eigenvalue weighted by Crippen LogP contribution is 2.37. The summed E-state index contributed by atoms with van der Waals surface area (Å²) in [6, 6.07) is 20.0. The van der Waals surface area contributed by atoms with Crippen molar-refractivity contribution in [1.29, 1.82) is 0 Å². The van der Waals surface area contributed by atoms with Crippen molar-refractivity contribution in [2.24, 2.45) is 0 Å². The first-order chi connectivity index (χ1) is 17.3. The molecule has 190 valence electrons. The summed E-state index contributed by atoms with van der Waals surface area (Å²) in [5.41, 5.74) is 2.68. The van der Waals surface area contributed by atoms with Crippen LogP contribution in [0, 0.1) is 27.7 Å². The van der Waals surface area contributed by atoms with E-state index in [1.54, 1.807) is 70.2 Å². The van der Waals surface area contributed by atoms with Crippen molar-refractivity contribution < 1.29 is 26.7 Å². The maximum Gasteiger partial charge on any atom is 0.336 e. The first-order valence-corrected chi connectivity index (χ1v) is 14.4. The fourth-order valence-corrected chi connectivity index (χ4v) is 7.76. The Morgan fingerprint density at radius 2 is 1.14 bits per heavy atom.